The molecule has 3 saturated heterocycles. The molecule has 107 heavy (non-hydrogen) atoms. The second-order valence-corrected chi connectivity index (χ2v) is 33.1. The molecule has 0 radical (unpaired) electrons. The first kappa shape index (κ1) is 100.0. The van der Waals surface area contributed by atoms with Crippen LogP contribution in [0.1, 0.15) is 425 Å². The summed E-state index contributed by atoms with van der Waals surface area (Å²) < 4.78 is 34.6. The number of carbonyl (C=O) groups excluding carboxylic acids is 1. The normalized spacial score (nSPS) is 25.4. The zero-order valence-corrected chi connectivity index (χ0v) is 68.7. The molecule has 0 aromatic rings. The smallest absolute Gasteiger partial charge is 0.220 e. The molecule has 3 heterocycles. The molecule has 1 amide bonds. The van der Waals surface area contributed by atoms with E-state index in [4.69, 9.17) is 28.4 Å². The summed E-state index contributed by atoms with van der Waals surface area (Å²) in [5, 5.41) is 121. The molecule has 636 valence electrons. The highest BCUT2D eigenvalue weighted by Gasteiger charge is 2.54. The second-order valence-electron chi connectivity index (χ2n) is 33.1. The van der Waals surface area contributed by atoms with Crippen molar-refractivity contribution in [3.63, 3.8) is 0 Å². The van der Waals surface area contributed by atoms with Crippen molar-refractivity contribution in [2.45, 2.75) is 529 Å². The molecule has 0 saturated carbocycles. The van der Waals surface area contributed by atoms with Crippen molar-refractivity contribution in [3.05, 3.63) is 0 Å². The van der Waals surface area contributed by atoms with Gasteiger partial charge in [0.2, 0.25) is 5.91 Å². The van der Waals surface area contributed by atoms with E-state index < -0.39 is 124 Å². The lowest BCUT2D eigenvalue weighted by Crippen LogP contribution is -2.66. The van der Waals surface area contributed by atoms with Crippen molar-refractivity contribution >= 4 is 5.91 Å². The van der Waals surface area contributed by atoms with Crippen molar-refractivity contribution < 1.29 is 89.4 Å². The fourth-order valence-electron chi connectivity index (χ4n) is 16.1. The first-order valence-electron chi connectivity index (χ1n) is 45.8. The Labute approximate surface area is 653 Å². The third-order valence-corrected chi connectivity index (χ3v) is 23.4. The van der Waals surface area contributed by atoms with Gasteiger partial charge in [0.15, 0.2) is 18.9 Å². The third-order valence-electron chi connectivity index (χ3n) is 23.4. The summed E-state index contributed by atoms with van der Waals surface area (Å²) in [5.74, 6) is -0.231. The maximum Gasteiger partial charge on any atom is 0.220 e. The van der Waals surface area contributed by atoms with E-state index in [0.29, 0.717) is 12.8 Å². The topological polar surface area (TPSA) is 307 Å². The number of carbonyl (C=O) groups is 1. The summed E-state index contributed by atoms with van der Waals surface area (Å²) in [5.41, 5.74) is 0. The molecule has 3 fully saturated rings. The van der Waals surface area contributed by atoms with Crippen LogP contribution in [0, 0.1) is 0 Å². The maximum absolute atomic E-state index is 13.5. The van der Waals surface area contributed by atoms with E-state index in [9.17, 15) is 61.0 Å². The lowest BCUT2D eigenvalue weighted by molar-refractivity contribution is -0.379. The zero-order chi connectivity index (χ0) is 77.4. The number of hydrogen-bond donors (Lipinski definition) is 12. The van der Waals surface area contributed by atoms with Gasteiger partial charge < -0.3 is 89.9 Å². The standard InChI is InChI=1S/C88H171NO18/c1-3-5-7-9-11-13-15-17-19-21-23-25-26-27-28-29-30-31-32-33-34-35-36-37-38-39-40-41-42-43-44-46-48-50-52-54-56-58-60-62-64-66-76(94)89-71(72(93)65-63-61-59-57-55-53-51-49-47-45-24-22-20-18-16-14-12-10-8-6-4-2)70-102-86-82(100)79(97)84(74(68-91)104-86)107-88-83(101)80(98)85(75(69-92)105-88)106-87-81(99)78(96)77(95)73(67-90)103-87/h71-75,77-88,90-93,95-101H,3-70H2,1-2H3,(H,89,94). The third kappa shape index (κ3) is 48.1. The number of unbranched alkanes of at least 4 members (excludes halogenated alkanes) is 60. The zero-order valence-electron chi connectivity index (χ0n) is 68.7. The number of ether oxygens (including phenoxy) is 6. The van der Waals surface area contributed by atoms with Gasteiger partial charge in [-0.1, -0.05) is 406 Å². The van der Waals surface area contributed by atoms with Crippen LogP contribution < -0.4 is 5.32 Å². The number of hydrogen-bond acceptors (Lipinski definition) is 18. The van der Waals surface area contributed by atoms with Crippen LogP contribution in [0.2, 0.25) is 0 Å². The van der Waals surface area contributed by atoms with Gasteiger partial charge in [0, 0.05) is 6.42 Å². The molecule has 3 rings (SSSR count). The van der Waals surface area contributed by atoms with Crippen molar-refractivity contribution in [2.24, 2.45) is 0 Å². The van der Waals surface area contributed by atoms with Crippen LogP contribution >= 0.6 is 0 Å². The quantitative estimate of drug-likeness (QED) is 0.0252. The van der Waals surface area contributed by atoms with E-state index in [2.05, 4.69) is 19.2 Å². The largest absolute Gasteiger partial charge is 0.394 e. The van der Waals surface area contributed by atoms with Gasteiger partial charge in [0.25, 0.3) is 0 Å². The van der Waals surface area contributed by atoms with Crippen LogP contribution in [0.4, 0.5) is 0 Å². The average Bonchev–Trinajstić information content (AvgIpc) is 0.782. The summed E-state index contributed by atoms with van der Waals surface area (Å²) in [7, 11) is 0. The van der Waals surface area contributed by atoms with Gasteiger partial charge in [-0.15, -0.1) is 0 Å². The Hall–Kier alpha value is -1.21. The summed E-state index contributed by atoms with van der Waals surface area (Å²) in [6.45, 7) is 1.88. The van der Waals surface area contributed by atoms with Gasteiger partial charge in [-0.2, -0.15) is 0 Å². The van der Waals surface area contributed by atoms with Gasteiger partial charge in [-0.3, -0.25) is 4.79 Å². The summed E-state index contributed by atoms with van der Waals surface area (Å²) >= 11 is 0. The molecular weight excluding hydrogens is 1360 g/mol. The predicted molar refractivity (Wildman–Crippen MR) is 430 cm³/mol. The van der Waals surface area contributed by atoms with Crippen LogP contribution in [0.25, 0.3) is 0 Å². The number of aliphatic hydroxyl groups is 11. The van der Waals surface area contributed by atoms with Crippen LogP contribution in [-0.4, -0.2) is 193 Å². The molecule has 19 heteroatoms. The fraction of sp³-hybridized carbons (Fsp3) is 0.989. The minimum absolute atomic E-state index is 0.231. The summed E-state index contributed by atoms with van der Waals surface area (Å²) in [6, 6.07) is -0.884. The fourth-order valence-corrected chi connectivity index (χ4v) is 16.1. The molecule has 0 bridgehead atoms. The first-order chi connectivity index (χ1) is 52.3. The minimum Gasteiger partial charge on any atom is -0.394 e. The SMILES string of the molecule is CCCCCCCCCCCCCCCCCCCCCCCCCCCCCCCCCCCCCCCCCCCC(=O)NC(COC1OC(CO)C(OC2OC(CO)C(OC3OC(CO)C(O)C(O)C3O)C(O)C2O)C(O)C1O)C(O)CCCCCCCCCCCCCCCCCCCCCCC. The van der Waals surface area contributed by atoms with Gasteiger partial charge >= 0.3 is 0 Å². The Bertz CT molecular complexity index is 1930. The van der Waals surface area contributed by atoms with E-state index in [0.717, 1.165) is 44.9 Å². The van der Waals surface area contributed by atoms with Crippen molar-refractivity contribution in [3.8, 4) is 0 Å². The highest BCUT2D eigenvalue weighted by molar-refractivity contribution is 5.76. The Morgan fingerprint density at radius 3 is 0.813 bits per heavy atom. The van der Waals surface area contributed by atoms with E-state index in [1.165, 1.54) is 347 Å². The molecular formula is C88H171NO18. The van der Waals surface area contributed by atoms with E-state index in [1.807, 2.05) is 0 Å². The molecule has 3 aliphatic rings. The van der Waals surface area contributed by atoms with Crippen LogP contribution in [-0.2, 0) is 33.2 Å². The van der Waals surface area contributed by atoms with Crippen molar-refractivity contribution in [1.82, 2.24) is 5.32 Å². The van der Waals surface area contributed by atoms with Gasteiger partial charge in [-0.05, 0) is 12.8 Å². The lowest BCUT2D eigenvalue weighted by atomic mass is 9.96. The van der Waals surface area contributed by atoms with E-state index in [-0.39, 0.29) is 18.9 Å². The number of nitrogens with one attached hydrogen (secondary N) is 1. The van der Waals surface area contributed by atoms with Crippen LogP contribution in [0.5, 0.6) is 0 Å². The molecule has 19 nitrogen and oxygen atoms in total. The van der Waals surface area contributed by atoms with E-state index >= 15 is 0 Å². The Kier molecular flexibility index (Phi) is 64.6. The Morgan fingerprint density at radius 1 is 0.299 bits per heavy atom. The molecule has 17 atom stereocenters. The van der Waals surface area contributed by atoms with Crippen molar-refractivity contribution in [2.75, 3.05) is 26.4 Å². The number of amides is 1. The van der Waals surface area contributed by atoms with Crippen LogP contribution in [0.3, 0.4) is 0 Å². The van der Waals surface area contributed by atoms with Gasteiger partial charge in [0.05, 0.1) is 38.6 Å². The minimum atomic E-state index is -1.97. The maximum atomic E-state index is 13.5. The second kappa shape index (κ2) is 69.1. The number of rotatable bonds is 76. The monoisotopic (exact) mass is 1530 g/mol. The van der Waals surface area contributed by atoms with E-state index in [1.54, 1.807) is 0 Å². The molecule has 0 aromatic heterocycles. The van der Waals surface area contributed by atoms with Gasteiger partial charge in [-0.25, -0.2) is 0 Å². The average molecular weight is 1530 g/mol. The molecule has 0 spiro atoms. The Morgan fingerprint density at radius 2 is 0.533 bits per heavy atom. The molecule has 12 N–H and O–H groups in total. The number of aliphatic hydroxyl groups excluding tert-OH is 11. The highest BCUT2D eigenvalue weighted by Crippen LogP contribution is 2.34. The molecule has 0 aliphatic carbocycles. The van der Waals surface area contributed by atoms with Crippen molar-refractivity contribution in [1.29, 1.82) is 0 Å². The highest BCUT2D eigenvalue weighted by atomic mass is 16.8. The van der Waals surface area contributed by atoms with Crippen LogP contribution in [0.15, 0.2) is 0 Å². The molecule has 3 aliphatic heterocycles. The predicted octanol–water partition coefficient (Wildman–Crippen LogP) is 17.3. The molecule has 0 aromatic carbocycles. The van der Waals surface area contributed by atoms with Gasteiger partial charge in [0.1, 0.15) is 73.2 Å². The Balaban J connectivity index is 1.27. The molecule has 17 unspecified atom stereocenters. The summed E-state index contributed by atoms with van der Waals surface area (Å²) in [6.07, 6.45) is 56.7. The summed E-state index contributed by atoms with van der Waals surface area (Å²) in [4.78, 5) is 13.5. The first-order valence-corrected chi connectivity index (χ1v) is 45.8. The lowest BCUT2D eigenvalue weighted by Gasteiger charge is -2.48.